The van der Waals surface area contributed by atoms with Crippen molar-refractivity contribution in [2.45, 2.75) is 46.6 Å². The van der Waals surface area contributed by atoms with Crippen LogP contribution in [0, 0.1) is 11.8 Å². The number of fused-ring (bicyclic) bond motifs is 6. The third kappa shape index (κ3) is 4.85. The number of hydrogen-bond acceptors (Lipinski definition) is 0. The molecule has 0 saturated carbocycles. The molecule has 4 aromatic carbocycles. The zero-order valence-electron chi connectivity index (χ0n) is 23.1. The van der Waals surface area contributed by atoms with Crippen LogP contribution in [-0.4, -0.2) is 10.1 Å². The quantitative estimate of drug-likeness (QED) is 0.278. The van der Waals surface area contributed by atoms with Crippen LogP contribution in [0.5, 0.6) is 0 Å². The molecule has 2 aliphatic carbocycles. The van der Waals surface area contributed by atoms with Crippen molar-refractivity contribution in [1.82, 2.24) is 0 Å². The molecule has 38 heavy (non-hydrogen) atoms. The zero-order chi connectivity index (χ0) is 25.1. The molecule has 0 aromatic heterocycles. The molecule has 0 nitrogen and oxygen atoms in total. The van der Waals surface area contributed by atoms with Gasteiger partial charge in [0.05, 0.1) is 0 Å². The molecule has 0 saturated heterocycles. The van der Waals surface area contributed by atoms with Crippen molar-refractivity contribution in [2.75, 3.05) is 0 Å². The average Bonchev–Trinajstić information content (AvgIpc) is 3.44. The molecule has 2 atom stereocenters. The summed E-state index contributed by atoms with van der Waals surface area (Å²) in [5, 5.41) is 5.67. The smallest absolute Gasteiger partial charge is 1.00 e. The SMILES string of the molecule is CC(C)C1=Cc2c(ccc3ccccc23)[CH]1[Hf+2]([CH]1C(C(C)C)=Cc2c1ccc1ccccc21)=[Ge]([CH3])[CH3].[Cl-].[Cl-]. The molecule has 0 amide bonds. The summed E-state index contributed by atoms with van der Waals surface area (Å²) in [6, 6.07) is 27.9. The number of benzene rings is 4. The standard InChI is InChI=1S/2C16H15.C2H6Ge.2ClH.Hf/c2*1-11(2)14-9-13-8-7-12-5-3-4-6-15(12)16(13)10-14;1-3-2;;;/h2*3-11H,1-2H3;1-2H3;2*1H;/q;;;;;+2/p-2. The van der Waals surface area contributed by atoms with E-state index in [1.54, 1.807) is 22.3 Å². The van der Waals surface area contributed by atoms with Crippen molar-refractivity contribution in [3.8, 4) is 0 Å². The minimum atomic E-state index is -2.27. The fourth-order valence-electron chi connectivity index (χ4n) is 6.75. The van der Waals surface area contributed by atoms with Crippen molar-refractivity contribution < 1.29 is 43.2 Å². The predicted octanol–water partition coefficient (Wildman–Crippen LogP) is 3.76. The molecule has 6 rings (SSSR count). The number of rotatable bonds is 4. The number of hydrogen-bond donors (Lipinski definition) is 0. The monoisotopic (exact) mass is 768 g/mol. The van der Waals surface area contributed by atoms with E-state index in [1.165, 1.54) is 32.7 Å². The van der Waals surface area contributed by atoms with Gasteiger partial charge in [-0.25, -0.2) is 0 Å². The van der Waals surface area contributed by atoms with Crippen LogP contribution in [-0.2, 0) is 18.3 Å². The average molecular weight is 767 g/mol. The van der Waals surface area contributed by atoms with Gasteiger partial charge in [-0.2, -0.15) is 0 Å². The molecular formula is C34H36Cl2GeHf. The topological polar surface area (TPSA) is 0 Å². The molecule has 0 N–H and O–H groups in total. The third-order valence-corrected chi connectivity index (χ3v) is 51.4. The van der Waals surface area contributed by atoms with E-state index < -0.39 is 28.4 Å². The molecule has 0 bridgehead atoms. The molecule has 2 aliphatic rings. The van der Waals surface area contributed by atoms with Gasteiger partial charge < -0.3 is 24.8 Å². The Morgan fingerprint density at radius 1 is 0.579 bits per heavy atom. The van der Waals surface area contributed by atoms with Gasteiger partial charge in [-0.05, 0) is 0 Å². The number of halogens is 2. The van der Waals surface area contributed by atoms with Gasteiger partial charge in [0.2, 0.25) is 0 Å². The van der Waals surface area contributed by atoms with Crippen LogP contribution in [0.15, 0.2) is 83.9 Å². The molecular weight excluding hydrogens is 730 g/mol. The molecule has 0 radical (unpaired) electrons. The van der Waals surface area contributed by atoms with Crippen molar-refractivity contribution in [2.24, 2.45) is 11.8 Å². The first-order valence-corrected chi connectivity index (χ1v) is 32.2. The van der Waals surface area contributed by atoms with E-state index >= 15 is 0 Å². The Labute approximate surface area is 249 Å². The summed E-state index contributed by atoms with van der Waals surface area (Å²) in [5.41, 5.74) is 9.91. The van der Waals surface area contributed by atoms with Crippen LogP contribution in [0.25, 0.3) is 33.7 Å². The Morgan fingerprint density at radius 3 is 1.34 bits per heavy atom. The summed E-state index contributed by atoms with van der Waals surface area (Å²) < 4.78 is 1.45. The molecule has 4 heteroatoms. The van der Waals surface area contributed by atoms with E-state index in [0.29, 0.717) is 11.8 Å². The summed E-state index contributed by atoms with van der Waals surface area (Å²) in [6.07, 6.45) is 5.27. The van der Waals surface area contributed by atoms with Crippen molar-refractivity contribution in [3.63, 3.8) is 0 Å². The molecule has 4 aromatic rings. The summed E-state index contributed by atoms with van der Waals surface area (Å²) >= 11 is -2.27. The van der Waals surface area contributed by atoms with Gasteiger partial charge in [0.1, 0.15) is 0 Å². The van der Waals surface area contributed by atoms with Gasteiger partial charge in [-0.15, -0.1) is 0 Å². The van der Waals surface area contributed by atoms with Crippen LogP contribution in [0.3, 0.4) is 0 Å². The van der Waals surface area contributed by atoms with E-state index in [2.05, 4.69) is 124 Å². The largest absolute Gasteiger partial charge is 1.00 e. The maximum Gasteiger partial charge on any atom is -1.00 e. The first-order chi connectivity index (χ1) is 17.4. The maximum absolute atomic E-state index is 2.72. The van der Waals surface area contributed by atoms with Crippen molar-refractivity contribution in [3.05, 3.63) is 106 Å². The summed E-state index contributed by atoms with van der Waals surface area (Å²) in [6.45, 7) is 9.76. The van der Waals surface area contributed by atoms with Gasteiger partial charge >= 0.3 is 227 Å². The Kier molecular flexibility index (Phi) is 9.25. The Morgan fingerprint density at radius 2 is 0.974 bits per heavy atom. The van der Waals surface area contributed by atoms with Gasteiger partial charge in [0, 0.05) is 0 Å². The Bertz CT molecular complexity index is 1510. The molecule has 0 heterocycles. The fourth-order valence-corrected chi connectivity index (χ4v) is 52.8. The van der Waals surface area contributed by atoms with Crippen LogP contribution in [0.1, 0.15) is 57.3 Å². The molecule has 0 spiro atoms. The van der Waals surface area contributed by atoms with E-state index in [0.717, 1.165) is 7.35 Å². The van der Waals surface area contributed by atoms with Gasteiger partial charge in [0.25, 0.3) is 0 Å². The second kappa shape index (κ2) is 11.8. The van der Waals surface area contributed by atoms with E-state index in [-0.39, 0.29) is 24.8 Å². The normalized spacial score (nSPS) is 17.3. The third-order valence-electron chi connectivity index (χ3n) is 8.45. The molecule has 0 fully saturated rings. The first kappa shape index (κ1) is 29.8. The predicted molar refractivity (Wildman–Crippen MR) is 156 cm³/mol. The van der Waals surface area contributed by atoms with Gasteiger partial charge in [0.15, 0.2) is 0 Å². The van der Waals surface area contributed by atoms with E-state index in [4.69, 9.17) is 0 Å². The molecule has 2 unspecified atom stereocenters. The summed E-state index contributed by atoms with van der Waals surface area (Å²) in [5.74, 6) is 6.64. The fraction of sp³-hybridized carbons (Fsp3) is 0.294. The second-order valence-electron chi connectivity index (χ2n) is 11.5. The minimum absolute atomic E-state index is 0. The van der Waals surface area contributed by atoms with E-state index in [1.807, 2.05) is 0 Å². The molecule has 0 aliphatic heterocycles. The van der Waals surface area contributed by atoms with Crippen LogP contribution in [0.2, 0.25) is 11.5 Å². The van der Waals surface area contributed by atoms with Crippen molar-refractivity contribution >= 4 is 43.8 Å². The van der Waals surface area contributed by atoms with Gasteiger partial charge in [-0.3, -0.25) is 0 Å². The Hall–Kier alpha value is -1.13. The van der Waals surface area contributed by atoms with Gasteiger partial charge in [-0.1, -0.05) is 0 Å². The minimum Gasteiger partial charge on any atom is -1.00 e. The first-order valence-electron chi connectivity index (χ1n) is 13.5. The van der Waals surface area contributed by atoms with Crippen LogP contribution < -0.4 is 24.8 Å². The van der Waals surface area contributed by atoms with E-state index in [9.17, 15) is 0 Å². The summed E-state index contributed by atoms with van der Waals surface area (Å²) in [7, 11) is -1.19. The zero-order valence-corrected chi connectivity index (χ0v) is 30.4. The second-order valence-corrected chi connectivity index (χ2v) is 51.7. The number of allylic oxidation sites excluding steroid dienone is 2. The maximum atomic E-state index is 2.72. The van der Waals surface area contributed by atoms with Crippen LogP contribution >= 0.6 is 0 Å². The summed E-state index contributed by atoms with van der Waals surface area (Å²) in [4.78, 5) is 0. The van der Waals surface area contributed by atoms with Crippen molar-refractivity contribution in [1.29, 1.82) is 0 Å². The van der Waals surface area contributed by atoms with Crippen LogP contribution in [0.4, 0.5) is 0 Å². The Balaban J connectivity index is 0.00000168. The molecule has 194 valence electrons.